The molecule has 1 amide bonds. The van der Waals surface area contributed by atoms with Crippen molar-refractivity contribution in [1.82, 2.24) is 14.5 Å². The molecule has 3 aromatic carbocycles. The molecule has 5 heteroatoms. The van der Waals surface area contributed by atoms with Crippen LogP contribution in [-0.4, -0.2) is 20.4 Å². The fourth-order valence-electron chi connectivity index (χ4n) is 4.41. The van der Waals surface area contributed by atoms with E-state index in [1.54, 1.807) is 0 Å². The van der Waals surface area contributed by atoms with Crippen LogP contribution < -0.4 is 5.32 Å². The summed E-state index contributed by atoms with van der Waals surface area (Å²) in [6, 6.07) is 21.6. The lowest BCUT2D eigenvalue weighted by molar-refractivity contribution is -0.119. The van der Waals surface area contributed by atoms with E-state index in [-0.39, 0.29) is 5.91 Å². The van der Waals surface area contributed by atoms with E-state index in [0.717, 1.165) is 49.9 Å². The van der Waals surface area contributed by atoms with E-state index in [1.807, 2.05) is 86.0 Å². The Morgan fingerprint density at radius 1 is 0.935 bits per heavy atom. The number of carbonyl (C=O) groups is 1. The number of anilines is 1. The first-order chi connectivity index (χ1) is 15.0. The van der Waals surface area contributed by atoms with Crippen molar-refractivity contribution in [2.75, 3.05) is 5.32 Å². The summed E-state index contributed by atoms with van der Waals surface area (Å²) in [5.74, 6) is -0.0508. The van der Waals surface area contributed by atoms with Gasteiger partial charge in [0.05, 0.1) is 16.6 Å². The summed E-state index contributed by atoms with van der Waals surface area (Å²) >= 11 is 0. The summed E-state index contributed by atoms with van der Waals surface area (Å²) in [4.78, 5) is 23.3. The van der Waals surface area contributed by atoms with Gasteiger partial charge in [-0.05, 0) is 61.7 Å². The van der Waals surface area contributed by atoms with Crippen LogP contribution in [0.4, 0.5) is 5.69 Å². The van der Waals surface area contributed by atoms with Gasteiger partial charge in [-0.15, -0.1) is 0 Å². The Hall–Kier alpha value is -3.73. The minimum atomic E-state index is -0.404. The van der Waals surface area contributed by atoms with Crippen molar-refractivity contribution in [2.45, 2.75) is 33.2 Å². The number of aromatic nitrogens is 3. The first kappa shape index (κ1) is 19.2. The smallest absolute Gasteiger partial charge is 0.247 e. The maximum atomic E-state index is 13.4. The van der Waals surface area contributed by atoms with Gasteiger partial charge in [0, 0.05) is 11.1 Å². The van der Waals surface area contributed by atoms with Crippen LogP contribution in [0.25, 0.3) is 33.1 Å². The van der Waals surface area contributed by atoms with Crippen molar-refractivity contribution >= 4 is 44.7 Å². The van der Waals surface area contributed by atoms with Crippen LogP contribution in [0.5, 0.6) is 0 Å². The first-order valence-corrected chi connectivity index (χ1v) is 10.6. The van der Waals surface area contributed by atoms with Crippen LogP contribution in [0, 0.1) is 13.8 Å². The fourth-order valence-corrected chi connectivity index (χ4v) is 4.41. The molecule has 0 aliphatic carbocycles. The zero-order chi connectivity index (χ0) is 21.5. The Bertz CT molecular complexity index is 1430. The van der Waals surface area contributed by atoms with Crippen molar-refractivity contribution in [1.29, 1.82) is 0 Å². The quantitative estimate of drug-likeness (QED) is 0.400. The second-order valence-electron chi connectivity index (χ2n) is 8.06. The van der Waals surface area contributed by atoms with E-state index < -0.39 is 6.04 Å². The number of hydrogen-bond acceptors (Lipinski definition) is 3. The maximum Gasteiger partial charge on any atom is 0.247 e. The van der Waals surface area contributed by atoms with Gasteiger partial charge in [-0.2, -0.15) is 0 Å². The van der Waals surface area contributed by atoms with E-state index in [9.17, 15) is 4.79 Å². The third kappa shape index (κ3) is 3.32. The highest BCUT2D eigenvalue weighted by Crippen LogP contribution is 2.32. The standard InChI is InChI=1S/C26H24N4O/c1-4-22(26(31)27-18-14-16(2)13-17(3)15-18)30-23-12-8-5-9-19(23)24-25(30)29-21-11-7-6-10-20(21)28-24/h5-15,22H,4H2,1-3H3,(H,27,31). The predicted octanol–water partition coefficient (Wildman–Crippen LogP) is 5.94. The van der Waals surface area contributed by atoms with Crippen LogP contribution in [-0.2, 0) is 4.79 Å². The van der Waals surface area contributed by atoms with E-state index in [0.29, 0.717) is 6.42 Å². The number of fused-ring (bicyclic) bond motifs is 4. The van der Waals surface area contributed by atoms with E-state index in [4.69, 9.17) is 9.97 Å². The number of rotatable bonds is 4. The molecule has 1 atom stereocenters. The second kappa shape index (κ2) is 7.51. The number of nitrogens with zero attached hydrogens (tertiary/aromatic N) is 3. The molecule has 0 saturated heterocycles. The molecule has 0 radical (unpaired) electrons. The highest BCUT2D eigenvalue weighted by atomic mass is 16.2. The molecule has 31 heavy (non-hydrogen) atoms. The number of para-hydroxylation sites is 3. The molecule has 0 saturated carbocycles. The molecule has 0 bridgehead atoms. The molecule has 2 aromatic heterocycles. The fraction of sp³-hybridized carbons (Fsp3) is 0.192. The van der Waals surface area contributed by atoms with E-state index in [2.05, 4.69) is 11.4 Å². The third-order valence-electron chi connectivity index (χ3n) is 5.69. The highest BCUT2D eigenvalue weighted by Gasteiger charge is 2.25. The normalized spacial score (nSPS) is 12.5. The van der Waals surface area contributed by atoms with Gasteiger partial charge in [-0.3, -0.25) is 4.79 Å². The summed E-state index contributed by atoms with van der Waals surface area (Å²) in [5, 5.41) is 4.13. The lowest BCUT2D eigenvalue weighted by atomic mass is 10.1. The van der Waals surface area contributed by atoms with Crippen LogP contribution in [0.15, 0.2) is 66.7 Å². The van der Waals surface area contributed by atoms with Crippen molar-refractivity contribution < 1.29 is 4.79 Å². The third-order valence-corrected chi connectivity index (χ3v) is 5.69. The van der Waals surface area contributed by atoms with E-state index >= 15 is 0 Å². The van der Waals surface area contributed by atoms with Gasteiger partial charge in [-0.1, -0.05) is 43.3 Å². The highest BCUT2D eigenvalue weighted by molar-refractivity contribution is 6.08. The lowest BCUT2D eigenvalue weighted by Crippen LogP contribution is -2.25. The minimum absolute atomic E-state index is 0.0508. The molecule has 2 heterocycles. The zero-order valence-electron chi connectivity index (χ0n) is 17.9. The van der Waals surface area contributed by atoms with Crippen LogP contribution in [0.1, 0.15) is 30.5 Å². The van der Waals surface area contributed by atoms with Gasteiger partial charge >= 0.3 is 0 Å². The van der Waals surface area contributed by atoms with Gasteiger partial charge in [-0.25, -0.2) is 9.97 Å². The largest absolute Gasteiger partial charge is 0.324 e. The summed E-state index contributed by atoms with van der Waals surface area (Å²) in [6.07, 6.45) is 0.638. The Kier molecular flexibility index (Phi) is 4.66. The monoisotopic (exact) mass is 408 g/mol. The maximum absolute atomic E-state index is 13.4. The molecule has 0 spiro atoms. The molecule has 1 unspecified atom stereocenters. The van der Waals surface area contributed by atoms with Crippen LogP contribution in [0.2, 0.25) is 0 Å². The number of nitrogens with one attached hydrogen (secondary N) is 1. The molecule has 5 rings (SSSR count). The Balaban J connectivity index is 1.69. The zero-order valence-corrected chi connectivity index (χ0v) is 17.9. The van der Waals surface area contributed by atoms with Crippen molar-refractivity contribution in [3.8, 4) is 0 Å². The number of hydrogen-bond donors (Lipinski definition) is 1. The molecular weight excluding hydrogens is 384 g/mol. The van der Waals surface area contributed by atoms with E-state index in [1.165, 1.54) is 0 Å². The van der Waals surface area contributed by atoms with Gasteiger partial charge in [0.2, 0.25) is 5.91 Å². The number of carbonyl (C=O) groups excluding carboxylic acids is 1. The molecule has 0 fully saturated rings. The molecule has 0 aliphatic heterocycles. The van der Waals surface area contributed by atoms with Crippen molar-refractivity contribution in [3.05, 3.63) is 77.9 Å². The van der Waals surface area contributed by atoms with Gasteiger partial charge < -0.3 is 9.88 Å². The van der Waals surface area contributed by atoms with Crippen LogP contribution in [0.3, 0.4) is 0 Å². The topological polar surface area (TPSA) is 59.8 Å². The Morgan fingerprint density at radius 3 is 2.29 bits per heavy atom. The summed E-state index contributed by atoms with van der Waals surface area (Å²) in [5.41, 5.74) is 7.27. The lowest BCUT2D eigenvalue weighted by Gasteiger charge is -2.19. The second-order valence-corrected chi connectivity index (χ2v) is 8.06. The van der Waals surface area contributed by atoms with Gasteiger partial charge in [0.15, 0.2) is 5.65 Å². The molecule has 5 nitrogen and oxygen atoms in total. The summed E-state index contributed by atoms with van der Waals surface area (Å²) in [6.45, 7) is 6.10. The number of benzene rings is 3. The van der Waals surface area contributed by atoms with Crippen molar-refractivity contribution in [3.63, 3.8) is 0 Å². The van der Waals surface area contributed by atoms with Crippen molar-refractivity contribution in [2.24, 2.45) is 0 Å². The Morgan fingerprint density at radius 2 is 1.58 bits per heavy atom. The SMILES string of the molecule is CCC(C(=O)Nc1cc(C)cc(C)c1)n1c2ccccc2c2nc3ccccc3nc21. The van der Waals surface area contributed by atoms with Gasteiger partial charge in [0.1, 0.15) is 11.6 Å². The summed E-state index contributed by atoms with van der Waals surface area (Å²) in [7, 11) is 0. The minimum Gasteiger partial charge on any atom is -0.324 e. The molecule has 0 aliphatic rings. The molecule has 1 N–H and O–H groups in total. The van der Waals surface area contributed by atoms with Crippen LogP contribution >= 0.6 is 0 Å². The molecule has 5 aromatic rings. The number of aryl methyl sites for hydroxylation is 2. The Labute approximate surface area is 180 Å². The predicted molar refractivity (Wildman–Crippen MR) is 126 cm³/mol. The number of amides is 1. The molecular formula is C26H24N4O. The first-order valence-electron chi connectivity index (χ1n) is 10.6. The van der Waals surface area contributed by atoms with Gasteiger partial charge in [0.25, 0.3) is 0 Å². The molecule has 154 valence electrons. The summed E-state index contributed by atoms with van der Waals surface area (Å²) < 4.78 is 2.04. The average Bonchev–Trinajstić information content (AvgIpc) is 3.05. The average molecular weight is 409 g/mol.